The van der Waals surface area contributed by atoms with Gasteiger partial charge in [0.15, 0.2) is 0 Å². The molecule has 0 unspecified atom stereocenters. The van der Waals surface area contributed by atoms with Gasteiger partial charge in [-0.05, 0) is 48.0 Å². The zero-order valence-corrected chi connectivity index (χ0v) is 14.0. The van der Waals surface area contributed by atoms with Crippen LogP contribution < -0.4 is 10.1 Å². The van der Waals surface area contributed by atoms with Gasteiger partial charge in [0.25, 0.3) is 5.91 Å². The number of carbonyl (C=O) groups is 1. The first-order chi connectivity index (χ1) is 12.2. The van der Waals surface area contributed by atoms with E-state index in [0.29, 0.717) is 6.42 Å². The Hall–Kier alpha value is -2.29. The zero-order chi connectivity index (χ0) is 19.2. The van der Waals surface area contributed by atoms with Crippen molar-refractivity contribution >= 4 is 17.7 Å². The maximum absolute atomic E-state index is 12.5. The van der Waals surface area contributed by atoms with Crippen LogP contribution in [0.4, 0.5) is 22.0 Å². The number of thioether (sulfide) groups is 1. The van der Waals surface area contributed by atoms with Crippen molar-refractivity contribution in [1.29, 1.82) is 0 Å². The minimum absolute atomic E-state index is 0.0193. The van der Waals surface area contributed by atoms with Crippen molar-refractivity contribution in [3.63, 3.8) is 0 Å². The first-order valence-electron chi connectivity index (χ1n) is 7.41. The third-order valence-corrected chi connectivity index (χ3v) is 4.01. The second-order valence-corrected chi connectivity index (χ2v) is 6.18. The lowest BCUT2D eigenvalue weighted by Crippen LogP contribution is -2.26. The second-order valence-electron chi connectivity index (χ2n) is 5.07. The summed E-state index contributed by atoms with van der Waals surface area (Å²) in [6.07, 6.45) is 0.384. The largest absolute Gasteiger partial charge is 0.446 e. The Morgan fingerprint density at radius 2 is 1.73 bits per heavy atom. The quantitative estimate of drug-likeness (QED) is 0.541. The lowest BCUT2D eigenvalue weighted by atomic mass is 10.1. The second kappa shape index (κ2) is 8.88. The minimum Gasteiger partial charge on any atom is -0.435 e. The van der Waals surface area contributed by atoms with Crippen molar-refractivity contribution in [2.45, 2.75) is 23.4 Å². The molecule has 3 nitrogen and oxygen atoms in total. The molecule has 9 heteroatoms. The molecule has 0 aliphatic heterocycles. The molecule has 0 aliphatic rings. The first-order valence-corrected chi connectivity index (χ1v) is 8.23. The molecule has 2 aromatic carbocycles. The number of nitrogens with one attached hydrogen (secondary N) is 1. The molecule has 0 fully saturated rings. The third-order valence-electron chi connectivity index (χ3n) is 3.21. The van der Waals surface area contributed by atoms with Crippen LogP contribution in [0, 0.1) is 0 Å². The Labute approximate surface area is 150 Å². The highest BCUT2D eigenvalue weighted by Gasteiger charge is 2.31. The molecule has 2 rings (SSSR count). The third kappa shape index (κ3) is 6.55. The van der Waals surface area contributed by atoms with E-state index in [2.05, 4.69) is 10.1 Å². The van der Waals surface area contributed by atoms with Gasteiger partial charge < -0.3 is 10.1 Å². The summed E-state index contributed by atoms with van der Waals surface area (Å²) in [6.45, 7) is -2.73. The Morgan fingerprint density at radius 1 is 1.08 bits per heavy atom. The average molecular weight is 391 g/mol. The SMILES string of the molecule is O=C(NCCc1ccc(OC(F)F)cc1)c1ccccc1SC(F)(F)F. The van der Waals surface area contributed by atoms with Gasteiger partial charge in [-0.1, -0.05) is 24.3 Å². The normalized spacial score (nSPS) is 11.5. The van der Waals surface area contributed by atoms with E-state index >= 15 is 0 Å². The van der Waals surface area contributed by atoms with Crippen molar-refractivity contribution in [3.05, 3.63) is 59.7 Å². The first kappa shape index (κ1) is 20.0. The van der Waals surface area contributed by atoms with E-state index in [1.165, 1.54) is 36.4 Å². The number of halogens is 5. The highest BCUT2D eigenvalue weighted by Crippen LogP contribution is 2.38. The van der Waals surface area contributed by atoms with Crippen molar-refractivity contribution in [2.75, 3.05) is 6.54 Å². The number of rotatable bonds is 7. The summed E-state index contributed by atoms with van der Waals surface area (Å²) >= 11 is -0.344. The summed E-state index contributed by atoms with van der Waals surface area (Å²) in [5.41, 5.74) is -3.79. The molecule has 140 valence electrons. The van der Waals surface area contributed by atoms with E-state index in [4.69, 9.17) is 0 Å². The van der Waals surface area contributed by atoms with Gasteiger partial charge >= 0.3 is 12.1 Å². The van der Waals surface area contributed by atoms with Crippen LogP contribution in [-0.4, -0.2) is 24.6 Å². The standard InChI is InChI=1S/C17H14F5NO2S/c18-16(19)25-12-7-5-11(6-8-12)9-10-23-15(24)13-3-1-2-4-14(13)26-17(20,21)22/h1-8,16H,9-10H2,(H,23,24). The molecule has 0 aromatic heterocycles. The highest BCUT2D eigenvalue weighted by molar-refractivity contribution is 8.00. The van der Waals surface area contributed by atoms with Gasteiger partial charge in [-0.25, -0.2) is 0 Å². The predicted molar refractivity (Wildman–Crippen MR) is 87.5 cm³/mol. The van der Waals surface area contributed by atoms with Crippen LogP contribution in [0.5, 0.6) is 5.75 Å². The molecule has 0 saturated heterocycles. The number of hydrogen-bond acceptors (Lipinski definition) is 3. The monoisotopic (exact) mass is 391 g/mol. The van der Waals surface area contributed by atoms with Gasteiger partial charge in [0.2, 0.25) is 0 Å². The number of ether oxygens (including phenoxy) is 1. The van der Waals surface area contributed by atoms with Crippen LogP contribution in [0.1, 0.15) is 15.9 Å². The van der Waals surface area contributed by atoms with E-state index < -0.39 is 18.0 Å². The fraction of sp³-hybridized carbons (Fsp3) is 0.235. The topological polar surface area (TPSA) is 38.3 Å². The predicted octanol–water partition coefficient (Wildman–Crippen LogP) is 4.87. The Morgan fingerprint density at radius 3 is 2.35 bits per heavy atom. The molecule has 2 aromatic rings. The maximum Gasteiger partial charge on any atom is 0.446 e. The average Bonchev–Trinajstić information content (AvgIpc) is 2.55. The van der Waals surface area contributed by atoms with Crippen LogP contribution in [-0.2, 0) is 6.42 Å². The minimum atomic E-state index is -4.49. The van der Waals surface area contributed by atoms with Crippen LogP contribution in [0.15, 0.2) is 53.4 Å². The van der Waals surface area contributed by atoms with E-state index in [1.54, 1.807) is 12.1 Å². The number of amides is 1. The number of hydrogen-bond donors (Lipinski definition) is 1. The van der Waals surface area contributed by atoms with Gasteiger partial charge in [0, 0.05) is 11.4 Å². The Balaban J connectivity index is 1.91. The smallest absolute Gasteiger partial charge is 0.435 e. The molecule has 1 amide bonds. The number of benzene rings is 2. The lowest BCUT2D eigenvalue weighted by molar-refractivity contribution is -0.0498. The number of carbonyl (C=O) groups excluding carboxylic acids is 1. The van der Waals surface area contributed by atoms with Crippen LogP contribution in [0.2, 0.25) is 0 Å². The summed E-state index contributed by atoms with van der Waals surface area (Å²) < 4.78 is 66.0. The molecule has 0 spiro atoms. The molecule has 0 aliphatic carbocycles. The molecular weight excluding hydrogens is 377 g/mol. The van der Waals surface area contributed by atoms with Crippen LogP contribution in [0.3, 0.4) is 0 Å². The van der Waals surface area contributed by atoms with Crippen LogP contribution in [0.25, 0.3) is 0 Å². The molecule has 0 atom stereocenters. The van der Waals surface area contributed by atoms with Crippen molar-refractivity contribution in [2.24, 2.45) is 0 Å². The molecule has 0 radical (unpaired) electrons. The maximum atomic E-state index is 12.5. The van der Waals surface area contributed by atoms with Crippen LogP contribution >= 0.6 is 11.8 Å². The summed E-state index contributed by atoms with van der Waals surface area (Å²) in [6, 6.07) is 11.3. The molecule has 1 N–H and O–H groups in total. The van der Waals surface area contributed by atoms with E-state index in [0.717, 1.165) is 5.56 Å². The molecular formula is C17H14F5NO2S. The van der Waals surface area contributed by atoms with Gasteiger partial charge in [0.1, 0.15) is 5.75 Å². The van der Waals surface area contributed by atoms with Crippen molar-refractivity contribution in [1.82, 2.24) is 5.32 Å². The van der Waals surface area contributed by atoms with Crippen molar-refractivity contribution < 1.29 is 31.5 Å². The molecule has 0 saturated carbocycles. The Kier molecular flexibility index (Phi) is 6.84. The van der Waals surface area contributed by atoms with Gasteiger partial charge in [-0.2, -0.15) is 22.0 Å². The molecule has 0 heterocycles. The summed E-state index contributed by atoms with van der Waals surface area (Å²) in [5.74, 6) is -0.596. The fourth-order valence-corrected chi connectivity index (χ4v) is 2.79. The number of alkyl halides is 5. The van der Waals surface area contributed by atoms with Gasteiger partial charge in [-0.3, -0.25) is 4.79 Å². The van der Waals surface area contributed by atoms with Gasteiger partial charge in [0.05, 0.1) is 5.56 Å². The molecule has 26 heavy (non-hydrogen) atoms. The van der Waals surface area contributed by atoms with Crippen molar-refractivity contribution in [3.8, 4) is 5.75 Å². The zero-order valence-electron chi connectivity index (χ0n) is 13.2. The molecule has 0 bridgehead atoms. The van der Waals surface area contributed by atoms with E-state index in [-0.39, 0.29) is 34.5 Å². The Bertz CT molecular complexity index is 735. The highest BCUT2D eigenvalue weighted by atomic mass is 32.2. The fourth-order valence-electron chi connectivity index (χ4n) is 2.12. The summed E-state index contributed by atoms with van der Waals surface area (Å²) in [5, 5.41) is 2.55. The summed E-state index contributed by atoms with van der Waals surface area (Å²) in [4.78, 5) is 11.9. The lowest BCUT2D eigenvalue weighted by Gasteiger charge is -2.11. The summed E-state index contributed by atoms with van der Waals surface area (Å²) in [7, 11) is 0. The van der Waals surface area contributed by atoms with Gasteiger partial charge in [-0.15, -0.1) is 0 Å². The van der Waals surface area contributed by atoms with E-state index in [9.17, 15) is 26.7 Å². The van der Waals surface area contributed by atoms with E-state index in [1.807, 2.05) is 0 Å².